The summed E-state index contributed by atoms with van der Waals surface area (Å²) < 4.78 is 13.3. The quantitative estimate of drug-likeness (QED) is 0.0549. The maximum absolute atomic E-state index is 15.4. The Labute approximate surface area is 530 Å². The molecule has 12 unspecified atom stereocenters. The number of Topliss-reactive ketones (excluding diaryl/α,β-unsaturated/α-hetero) is 2. The fraction of sp³-hybridized carbons (Fsp3) is 0.577. The molecule has 3 aliphatic carbocycles. The molecule has 2 saturated carbocycles. The van der Waals surface area contributed by atoms with E-state index in [4.69, 9.17) is 9.47 Å². The maximum atomic E-state index is 15.4. The van der Waals surface area contributed by atoms with Gasteiger partial charge in [-0.1, -0.05) is 118 Å². The first-order chi connectivity index (χ1) is 42.1. The van der Waals surface area contributed by atoms with Crippen molar-refractivity contribution in [2.45, 2.75) is 213 Å². The van der Waals surface area contributed by atoms with Gasteiger partial charge in [0.05, 0.1) is 42.3 Å². The van der Waals surface area contributed by atoms with E-state index in [0.717, 1.165) is 120 Å². The van der Waals surface area contributed by atoms with Gasteiger partial charge in [-0.05, 0) is 218 Å². The molecule has 5 aliphatic heterocycles. The molecular weight excluding hydrogens is 1170 g/mol. The second-order valence-corrected chi connectivity index (χ2v) is 32.4. The molecule has 87 heavy (non-hydrogen) atoms. The summed E-state index contributed by atoms with van der Waals surface area (Å²) in [5, 5.41) is 81.4. The van der Waals surface area contributed by atoms with Crippen molar-refractivity contribution in [3.8, 4) is 28.4 Å². The fourth-order valence-corrected chi connectivity index (χ4v) is 24.1. The lowest BCUT2D eigenvalue weighted by atomic mass is 9.63. The smallest absolute Gasteiger partial charge is 0.168 e. The fourth-order valence-electron chi connectivity index (χ4n) is 16.5. The van der Waals surface area contributed by atoms with Crippen LogP contribution in [0.3, 0.4) is 0 Å². The lowest BCUT2D eigenvalue weighted by Gasteiger charge is -2.50. The van der Waals surface area contributed by atoms with Crippen molar-refractivity contribution in [1.82, 2.24) is 5.32 Å². The summed E-state index contributed by atoms with van der Waals surface area (Å²) in [5.74, 6) is 1.95. The first-order valence-electron chi connectivity index (χ1n) is 32.4. The van der Waals surface area contributed by atoms with Gasteiger partial charge in [0.1, 0.15) is 17.8 Å². The summed E-state index contributed by atoms with van der Waals surface area (Å²) in [4.78, 5) is 28.7. The standard InChI is InChI=1S/C71H90N2O10S4/c1-40(2)11-12-42-9-5-6-10-45(42)33-63-71-28-23-46(32-62(71)80)61(35-52(78)19-14-44-17-22-60(79)68(82-4)64(44)53-20-15-43-13-18-51(77)34-54(43)57(53)39-85-87-71)83-69-56-30-49(37-75)67-65-47(16-21-58(72-67)41(3)76)29-48(36-74)55(66(56)65)31-50(38-84-86-63)59(73-69)24-27-70(81)25-7-8-26-70/h5-6,9-10,13,15,17-18,20,22,30,34,40,46-48,50,55,58-59,61-63,69,72-75,77,79-81H,7-8,11-12,14,16,19,21,23-29,31-33,35-39H2,1-4H3. The van der Waals surface area contributed by atoms with E-state index in [2.05, 4.69) is 60.9 Å². The number of carbonyl (C=O) groups is 2. The minimum atomic E-state index is -0.805. The van der Waals surface area contributed by atoms with Gasteiger partial charge in [0.25, 0.3) is 0 Å². The third kappa shape index (κ3) is 13.0. The topological polar surface area (TPSA) is 198 Å². The van der Waals surface area contributed by atoms with E-state index in [-0.39, 0.29) is 90.0 Å². The van der Waals surface area contributed by atoms with E-state index in [1.807, 2.05) is 45.9 Å². The molecule has 13 rings (SSSR count). The number of phenols is 2. The van der Waals surface area contributed by atoms with Gasteiger partial charge in [0.2, 0.25) is 0 Å². The molecule has 8 N–H and O–H groups in total. The number of aliphatic hydroxyl groups excluding tert-OH is 3. The molecule has 0 spiro atoms. The number of nitrogens with one attached hydrogen (secondary N) is 2. The number of anilines is 1. The van der Waals surface area contributed by atoms with Crippen molar-refractivity contribution < 1.29 is 49.7 Å². The molecule has 0 aromatic heterocycles. The lowest BCUT2D eigenvalue weighted by molar-refractivity contribution is -0.130. The Kier molecular flexibility index (Phi) is 19.7. The lowest BCUT2D eigenvalue weighted by Crippen LogP contribution is -2.54. The molecule has 5 aromatic rings. The molecule has 0 amide bonds. The summed E-state index contributed by atoms with van der Waals surface area (Å²) in [6.45, 7) is 5.93. The molecule has 0 radical (unpaired) electrons. The number of ketones is 2. The average Bonchev–Trinajstić information content (AvgIpc) is 1.66. The van der Waals surface area contributed by atoms with E-state index in [1.54, 1.807) is 47.8 Å². The van der Waals surface area contributed by atoms with Crippen molar-refractivity contribution >= 4 is 71.2 Å². The normalized spacial score (nSPS) is 30.0. The van der Waals surface area contributed by atoms with Gasteiger partial charge in [0, 0.05) is 59.1 Å². The summed E-state index contributed by atoms with van der Waals surface area (Å²) in [5.41, 5.74) is 9.89. The number of rotatable bonds is 12. The minimum absolute atomic E-state index is 0.00151. The summed E-state index contributed by atoms with van der Waals surface area (Å²) >= 11 is 0. The molecule has 16 heteroatoms. The molecule has 5 aromatic carbocycles. The average molecular weight is 1260 g/mol. The highest BCUT2D eigenvalue weighted by molar-refractivity contribution is 8.78. The monoisotopic (exact) mass is 1260 g/mol. The number of fused-ring (bicyclic) bond motifs is 9. The molecule has 12 atom stereocenters. The van der Waals surface area contributed by atoms with Crippen molar-refractivity contribution in [2.75, 3.05) is 24.8 Å². The Morgan fingerprint density at radius 2 is 1.69 bits per heavy atom. The predicted octanol–water partition coefficient (Wildman–Crippen LogP) is 14.2. The Balaban J connectivity index is 1.05. The Bertz CT molecular complexity index is 3320. The highest BCUT2D eigenvalue weighted by atomic mass is 33.1. The van der Waals surface area contributed by atoms with E-state index < -0.39 is 34.8 Å². The van der Waals surface area contributed by atoms with Crippen molar-refractivity contribution in [3.05, 3.63) is 117 Å². The summed E-state index contributed by atoms with van der Waals surface area (Å²) in [7, 11) is 8.91. The summed E-state index contributed by atoms with van der Waals surface area (Å²) in [6.07, 6.45) is 10.7. The number of ether oxygens (including phenoxy) is 2. The number of aromatic hydroxyl groups is 2. The SMILES string of the molecule is COc1c(O)ccc2c1-c1ccc3ccc(O)cc3c1CSSC13CCC(CC1O)C(CC(=O)CC2)OC1NC(CCC2(O)CCCC2)C(CSSC3Cc2ccccc2CCC(C)C)CC2c3c1cc(CO)c1c3C(CCC(C(C)=O)N1)CC2CO. The Morgan fingerprint density at radius 1 is 0.885 bits per heavy atom. The van der Waals surface area contributed by atoms with Crippen LogP contribution < -0.4 is 15.4 Å². The van der Waals surface area contributed by atoms with Gasteiger partial charge in [-0.15, -0.1) is 0 Å². The van der Waals surface area contributed by atoms with Crippen LogP contribution in [0.1, 0.15) is 186 Å². The zero-order chi connectivity index (χ0) is 60.7. The third-order valence-electron chi connectivity index (χ3n) is 21.4. The second-order valence-electron chi connectivity index (χ2n) is 27.2. The van der Waals surface area contributed by atoms with Gasteiger partial charge >= 0.3 is 0 Å². The van der Waals surface area contributed by atoms with Crippen LogP contribution in [-0.2, 0) is 45.9 Å². The zero-order valence-corrected chi connectivity index (χ0v) is 54.3. The Hall–Kier alpha value is -3.94. The van der Waals surface area contributed by atoms with Crippen LogP contribution >= 0.6 is 43.2 Å². The van der Waals surface area contributed by atoms with Crippen LogP contribution in [0.25, 0.3) is 21.9 Å². The highest BCUT2D eigenvalue weighted by Gasteiger charge is 2.53. The van der Waals surface area contributed by atoms with Gasteiger partial charge in [-0.25, -0.2) is 0 Å². The highest BCUT2D eigenvalue weighted by Crippen LogP contribution is 2.60. The van der Waals surface area contributed by atoms with E-state index >= 15 is 4.79 Å². The molecule has 5 bridgehead atoms. The van der Waals surface area contributed by atoms with Gasteiger partial charge in [-0.2, -0.15) is 0 Å². The van der Waals surface area contributed by atoms with Gasteiger partial charge in [-0.3, -0.25) is 14.9 Å². The first-order valence-corrected chi connectivity index (χ1v) is 37.1. The second kappa shape index (κ2) is 27.1. The zero-order valence-electron chi connectivity index (χ0n) is 51.1. The largest absolute Gasteiger partial charge is 0.508 e. The predicted molar refractivity (Wildman–Crippen MR) is 355 cm³/mol. The van der Waals surface area contributed by atoms with Crippen LogP contribution in [0.2, 0.25) is 0 Å². The number of hydrogen-bond donors (Lipinski definition) is 8. The van der Waals surface area contributed by atoms with Crippen LogP contribution in [0.5, 0.6) is 17.2 Å². The number of methoxy groups -OCH3 is 1. The molecule has 468 valence electrons. The Morgan fingerprint density at radius 3 is 2.45 bits per heavy atom. The number of hydrogen-bond acceptors (Lipinski definition) is 16. The van der Waals surface area contributed by atoms with Crippen molar-refractivity contribution in [1.29, 1.82) is 0 Å². The van der Waals surface area contributed by atoms with Crippen LogP contribution in [0, 0.1) is 23.7 Å². The maximum Gasteiger partial charge on any atom is 0.168 e. The number of aryl methyl sites for hydroxylation is 2. The molecule has 2 saturated heterocycles. The third-order valence-corrected chi connectivity index (χ3v) is 27.8. The number of phenolic OH excluding ortho intramolecular Hbond substituents is 2. The van der Waals surface area contributed by atoms with Crippen molar-refractivity contribution in [2.24, 2.45) is 23.7 Å². The molecular formula is C71H90N2O10S4. The van der Waals surface area contributed by atoms with Crippen molar-refractivity contribution in [3.63, 3.8) is 0 Å². The molecule has 4 fully saturated rings. The van der Waals surface area contributed by atoms with Crippen LogP contribution in [0.4, 0.5) is 5.69 Å². The number of benzene rings is 5. The number of carbonyl (C=O) groups excluding carboxylic acids is 2. The first kappa shape index (κ1) is 63.2. The molecule has 12 nitrogen and oxygen atoms in total. The number of aliphatic hydroxyl groups is 4. The van der Waals surface area contributed by atoms with Gasteiger partial charge < -0.3 is 45.4 Å². The van der Waals surface area contributed by atoms with E-state index in [1.165, 1.54) is 11.1 Å². The molecule has 8 aliphatic rings. The van der Waals surface area contributed by atoms with E-state index in [9.17, 15) is 35.4 Å². The van der Waals surface area contributed by atoms with Crippen LogP contribution in [0.15, 0.2) is 72.8 Å². The van der Waals surface area contributed by atoms with E-state index in [0.29, 0.717) is 73.5 Å². The minimum Gasteiger partial charge on any atom is -0.508 e. The van der Waals surface area contributed by atoms with Gasteiger partial charge in [0.15, 0.2) is 17.3 Å². The summed E-state index contributed by atoms with van der Waals surface area (Å²) in [6, 6.07) is 23.6. The molecule has 5 heterocycles. The van der Waals surface area contributed by atoms with Crippen LogP contribution in [-0.4, -0.2) is 102 Å².